The number of rotatable bonds is 5. The van der Waals surface area contributed by atoms with Crippen molar-refractivity contribution in [2.24, 2.45) is 0 Å². The van der Waals surface area contributed by atoms with Crippen LogP contribution in [0.1, 0.15) is 19.8 Å². The van der Waals surface area contributed by atoms with Crippen LogP contribution in [0.3, 0.4) is 0 Å². The van der Waals surface area contributed by atoms with Crippen LogP contribution in [0.25, 0.3) is 0 Å². The van der Waals surface area contributed by atoms with E-state index in [1.165, 1.54) is 6.42 Å². The monoisotopic (exact) mass is 173 g/mol. The molecule has 1 aliphatic rings. The first-order valence-electron chi connectivity index (χ1n) is 4.83. The van der Waals surface area contributed by atoms with Crippen LogP contribution in [-0.4, -0.2) is 39.0 Å². The number of morpholine rings is 1. The molecule has 1 saturated heterocycles. The van der Waals surface area contributed by atoms with Gasteiger partial charge >= 0.3 is 0 Å². The van der Waals surface area contributed by atoms with E-state index in [-0.39, 0.29) is 6.10 Å². The summed E-state index contributed by atoms with van der Waals surface area (Å²) in [5, 5.41) is 3.27. The predicted molar refractivity (Wildman–Crippen MR) is 48.3 cm³/mol. The van der Waals surface area contributed by atoms with Crippen molar-refractivity contribution in [3.05, 3.63) is 0 Å². The Bertz CT molecular complexity index is 103. The second-order valence-corrected chi connectivity index (χ2v) is 3.13. The van der Waals surface area contributed by atoms with Gasteiger partial charge in [-0.1, -0.05) is 13.3 Å². The zero-order valence-corrected chi connectivity index (χ0v) is 7.84. The Morgan fingerprint density at radius 1 is 1.58 bits per heavy atom. The lowest BCUT2D eigenvalue weighted by atomic mass is 10.3. The van der Waals surface area contributed by atoms with E-state index < -0.39 is 0 Å². The van der Waals surface area contributed by atoms with E-state index in [1.807, 2.05) is 0 Å². The fraction of sp³-hybridized carbons (Fsp3) is 1.00. The Morgan fingerprint density at radius 3 is 3.17 bits per heavy atom. The molecule has 0 radical (unpaired) electrons. The highest BCUT2D eigenvalue weighted by molar-refractivity contribution is 4.65. The minimum Gasteiger partial charge on any atom is -0.379 e. The molecule has 1 rings (SSSR count). The Balaban J connectivity index is 1.91. The Hall–Kier alpha value is -0.120. The van der Waals surface area contributed by atoms with Crippen molar-refractivity contribution in [1.82, 2.24) is 5.32 Å². The van der Waals surface area contributed by atoms with Crippen LogP contribution in [-0.2, 0) is 9.47 Å². The lowest BCUT2D eigenvalue weighted by molar-refractivity contribution is -0.0317. The van der Waals surface area contributed by atoms with Crippen LogP contribution < -0.4 is 5.32 Å². The molecule has 0 spiro atoms. The third kappa shape index (κ3) is 4.04. The van der Waals surface area contributed by atoms with Gasteiger partial charge < -0.3 is 14.8 Å². The van der Waals surface area contributed by atoms with Gasteiger partial charge in [0, 0.05) is 19.7 Å². The van der Waals surface area contributed by atoms with E-state index in [9.17, 15) is 0 Å². The van der Waals surface area contributed by atoms with Crippen molar-refractivity contribution in [2.75, 3.05) is 32.9 Å². The minimum atomic E-state index is 0.274. The van der Waals surface area contributed by atoms with Gasteiger partial charge in [-0.3, -0.25) is 0 Å². The first-order valence-corrected chi connectivity index (χ1v) is 4.83. The summed E-state index contributed by atoms with van der Waals surface area (Å²) in [7, 11) is 0. The lowest BCUT2D eigenvalue weighted by Crippen LogP contribution is -2.41. The largest absolute Gasteiger partial charge is 0.379 e. The van der Waals surface area contributed by atoms with Crippen molar-refractivity contribution in [3.8, 4) is 0 Å². The molecule has 0 aromatic carbocycles. The molecular weight excluding hydrogens is 154 g/mol. The van der Waals surface area contributed by atoms with E-state index >= 15 is 0 Å². The van der Waals surface area contributed by atoms with Gasteiger partial charge in [0.2, 0.25) is 0 Å². The van der Waals surface area contributed by atoms with Gasteiger partial charge in [0.25, 0.3) is 0 Å². The summed E-state index contributed by atoms with van der Waals surface area (Å²) in [4.78, 5) is 0. The molecular formula is C9H19NO2. The molecule has 1 unspecified atom stereocenters. The minimum absolute atomic E-state index is 0.274. The maximum atomic E-state index is 5.47. The highest BCUT2D eigenvalue weighted by Gasteiger charge is 2.12. The second kappa shape index (κ2) is 6.40. The highest BCUT2D eigenvalue weighted by atomic mass is 16.5. The van der Waals surface area contributed by atoms with Gasteiger partial charge in [-0.25, -0.2) is 0 Å². The molecule has 1 heterocycles. The van der Waals surface area contributed by atoms with Gasteiger partial charge in [0.15, 0.2) is 0 Å². The molecule has 1 N–H and O–H groups in total. The number of hydrogen-bond acceptors (Lipinski definition) is 3. The summed E-state index contributed by atoms with van der Waals surface area (Å²) in [6, 6.07) is 0. The molecule has 0 aromatic rings. The Morgan fingerprint density at radius 2 is 2.50 bits per heavy atom. The second-order valence-electron chi connectivity index (χ2n) is 3.13. The highest BCUT2D eigenvalue weighted by Crippen LogP contribution is 1.97. The molecule has 0 amide bonds. The molecule has 3 heteroatoms. The molecule has 12 heavy (non-hydrogen) atoms. The molecule has 0 aliphatic carbocycles. The molecule has 0 bridgehead atoms. The van der Waals surface area contributed by atoms with Crippen molar-refractivity contribution in [3.63, 3.8) is 0 Å². The van der Waals surface area contributed by atoms with Crippen LogP contribution >= 0.6 is 0 Å². The Labute approximate surface area is 74.4 Å². The zero-order chi connectivity index (χ0) is 8.65. The van der Waals surface area contributed by atoms with E-state index in [0.29, 0.717) is 0 Å². The van der Waals surface area contributed by atoms with Crippen molar-refractivity contribution >= 4 is 0 Å². The van der Waals surface area contributed by atoms with Crippen molar-refractivity contribution in [1.29, 1.82) is 0 Å². The molecule has 1 aliphatic heterocycles. The van der Waals surface area contributed by atoms with E-state index in [0.717, 1.165) is 39.3 Å². The van der Waals surface area contributed by atoms with Crippen molar-refractivity contribution < 1.29 is 9.47 Å². The average molecular weight is 173 g/mol. The SMILES string of the molecule is CCCCOCC1CNCCO1. The first kappa shape index (κ1) is 9.96. The molecule has 72 valence electrons. The predicted octanol–water partition coefficient (Wildman–Crippen LogP) is 0.791. The van der Waals surface area contributed by atoms with Crippen LogP contribution in [0.15, 0.2) is 0 Å². The molecule has 3 nitrogen and oxygen atoms in total. The third-order valence-corrected chi connectivity index (χ3v) is 1.95. The molecule has 1 atom stereocenters. The number of unbranched alkanes of at least 4 members (excludes halogenated alkanes) is 1. The number of nitrogens with one attached hydrogen (secondary N) is 1. The fourth-order valence-corrected chi connectivity index (χ4v) is 1.19. The standard InChI is InChI=1S/C9H19NO2/c1-2-3-5-11-8-9-7-10-4-6-12-9/h9-10H,2-8H2,1H3. The van der Waals surface area contributed by atoms with Gasteiger partial charge in [0.05, 0.1) is 19.3 Å². The maximum absolute atomic E-state index is 5.47. The van der Waals surface area contributed by atoms with E-state index in [2.05, 4.69) is 12.2 Å². The molecule has 0 aromatic heterocycles. The van der Waals surface area contributed by atoms with Gasteiger partial charge in [-0.2, -0.15) is 0 Å². The lowest BCUT2D eigenvalue weighted by Gasteiger charge is -2.23. The van der Waals surface area contributed by atoms with E-state index in [4.69, 9.17) is 9.47 Å². The summed E-state index contributed by atoms with van der Waals surface area (Å²) in [6.07, 6.45) is 2.62. The third-order valence-electron chi connectivity index (χ3n) is 1.95. The zero-order valence-electron chi connectivity index (χ0n) is 7.84. The Kier molecular flexibility index (Phi) is 5.32. The summed E-state index contributed by atoms with van der Waals surface area (Å²) < 4.78 is 10.9. The maximum Gasteiger partial charge on any atom is 0.0933 e. The molecule has 1 fully saturated rings. The topological polar surface area (TPSA) is 30.5 Å². The summed E-state index contributed by atoms with van der Waals surface area (Å²) in [5.74, 6) is 0. The van der Waals surface area contributed by atoms with Crippen LogP contribution in [0.2, 0.25) is 0 Å². The number of hydrogen-bond donors (Lipinski definition) is 1. The summed E-state index contributed by atoms with van der Waals surface area (Å²) in [6.45, 7) is 6.52. The quantitative estimate of drug-likeness (QED) is 0.624. The fourth-order valence-electron chi connectivity index (χ4n) is 1.19. The van der Waals surface area contributed by atoms with Crippen LogP contribution in [0, 0.1) is 0 Å². The van der Waals surface area contributed by atoms with Gasteiger partial charge in [0.1, 0.15) is 0 Å². The summed E-state index contributed by atoms with van der Waals surface area (Å²) in [5.41, 5.74) is 0. The first-order chi connectivity index (χ1) is 5.93. The van der Waals surface area contributed by atoms with Gasteiger partial charge in [-0.15, -0.1) is 0 Å². The van der Waals surface area contributed by atoms with Crippen molar-refractivity contribution in [2.45, 2.75) is 25.9 Å². The van der Waals surface area contributed by atoms with Gasteiger partial charge in [-0.05, 0) is 6.42 Å². The average Bonchev–Trinajstić information content (AvgIpc) is 2.14. The number of ether oxygens (including phenoxy) is 2. The summed E-state index contributed by atoms with van der Waals surface area (Å²) >= 11 is 0. The van der Waals surface area contributed by atoms with Crippen LogP contribution in [0.4, 0.5) is 0 Å². The van der Waals surface area contributed by atoms with Crippen LogP contribution in [0.5, 0.6) is 0 Å². The normalized spacial score (nSPS) is 24.2. The smallest absolute Gasteiger partial charge is 0.0933 e. The molecule has 0 saturated carbocycles. The van der Waals surface area contributed by atoms with E-state index in [1.54, 1.807) is 0 Å².